The average Bonchev–Trinajstić information content (AvgIpc) is 3.40. The molecule has 35 heavy (non-hydrogen) atoms. The number of nitrogens with zero attached hydrogens (tertiary/aromatic N) is 1. The molecule has 0 spiro atoms. The summed E-state index contributed by atoms with van der Waals surface area (Å²) in [5, 5.41) is 21.6. The molecule has 0 bridgehead atoms. The van der Waals surface area contributed by atoms with E-state index < -0.39 is 42.1 Å². The molecular weight excluding hydrogens is 456 g/mol. The molecule has 2 amide bonds. The van der Waals surface area contributed by atoms with Gasteiger partial charge in [0.1, 0.15) is 6.61 Å². The minimum Gasteiger partial charge on any atom is -0.479 e. The second kappa shape index (κ2) is 9.75. The minimum atomic E-state index is -2.11. The van der Waals surface area contributed by atoms with Gasteiger partial charge >= 0.3 is 18.0 Å². The number of ether oxygens (including phenoxy) is 2. The molecule has 0 aromatic heterocycles. The Morgan fingerprint density at radius 3 is 2.20 bits per heavy atom. The standard InChI is InChI=1S/C25H26N2O8/c1-2-34-22(29)20(21(28)27-12-11-25(33,14-27)23(30)31)26-24(32)35-13-19-17-9-5-3-7-15(17)16-8-4-6-10-18(16)19/h3-10,19-20,33H,2,11-14H2,1H3,(H,26,32)(H,30,31). The number of carboxylic acid groups (broad SMARTS) is 1. The highest BCUT2D eigenvalue weighted by molar-refractivity contribution is 6.04. The third kappa shape index (κ3) is 4.69. The van der Waals surface area contributed by atoms with Gasteiger partial charge in [-0.15, -0.1) is 0 Å². The Morgan fingerprint density at radius 2 is 1.66 bits per heavy atom. The van der Waals surface area contributed by atoms with E-state index in [1.807, 2.05) is 48.5 Å². The topological polar surface area (TPSA) is 142 Å². The van der Waals surface area contributed by atoms with Crippen LogP contribution in [0.2, 0.25) is 0 Å². The Balaban J connectivity index is 1.45. The van der Waals surface area contributed by atoms with Crippen molar-refractivity contribution in [2.24, 2.45) is 0 Å². The SMILES string of the molecule is CCOC(=O)C(NC(=O)OCC1c2ccccc2-c2ccccc21)C(=O)N1CCC(O)(C(=O)O)C1. The van der Waals surface area contributed by atoms with Crippen LogP contribution in [0.1, 0.15) is 30.4 Å². The number of β-amino-alcohol motifs (C(OH)–C–C–N with tert-alkyl or cyclic N) is 1. The van der Waals surface area contributed by atoms with Crippen LogP contribution in [0.15, 0.2) is 48.5 Å². The summed E-state index contributed by atoms with van der Waals surface area (Å²) in [5.74, 6) is -3.56. The maximum Gasteiger partial charge on any atom is 0.408 e. The highest BCUT2D eigenvalue weighted by atomic mass is 16.6. The highest BCUT2D eigenvalue weighted by Crippen LogP contribution is 2.44. The summed E-state index contributed by atoms with van der Waals surface area (Å²) in [7, 11) is 0. The summed E-state index contributed by atoms with van der Waals surface area (Å²) in [6, 6.07) is 13.9. The number of fused-ring (bicyclic) bond motifs is 3. The Morgan fingerprint density at radius 1 is 1.06 bits per heavy atom. The molecule has 2 aromatic rings. The molecule has 2 unspecified atom stereocenters. The van der Waals surface area contributed by atoms with Crippen LogP contribution in [0, 0.1) is 0 Å². The number of nitrogens with one attached hydrogen (secondary N) is 1. The number of carbonyl (C=O) groups is 4. The lowest BCUT2D eigenvalue weighted by atomic mass is 9.98. The van der Waals surface area contributed by atoms with Crippen molar-refractivity contribution in [2.45, 2.75) is 30.9 Å². The van der Waals surface area contributed by atoms with E-state index in [2.05, 4.69) is 5.32 Å². The lowest BCUT2D eigenvalue weighted by molar-refractivity contribution is -0.157. The number of esters is 1. The van der Waals surface area contributed by atoms with Crippen LogP contribution in [-0.2, 0) is 23.9 Å². The molecule has 1 heterocycles. The molecule has 2 aliphatic rings. The number of amides is 2. The normalized spacial score (nSPS) is 19.4. The molecule has 0 radical (unpaired) electrons. The first-order valence-corrected chi connectivity index (χ1v) is 11.3. The van der Waals surface area contributed by atoms with Crippen molar-refractivity contribution < 1.29 is 38.9 Å². The predicted octanol–water partition coefficient (Wildman–Crippen LogP) is 1.50. The fourth-order valence-corrected chi connectivity index (χ4v) is 4.54. The Bertz CT molecular complexity index is 1120. The van der Waals surface area contributed by atoms with Crippen LogP contribution in [0.5, 0.6) is 0 Å². The molecule has 2 aromatic carbocycles. The molecule has 1 aliphatic heterocycles. The molecular formula is C25H26N2O8. The number of carbonyl (C=O) groups excluding carboxylic acids is 3. The summed E-state index contributed by atoms with van der Waals surface area (Å²) < 4.78 is 10.3. The summed E-state index contributed by atoms with van der Waals surface area (Å²) in [6.45, 7) is 0.888. The Kier molecular flexibility index (Phi) is 6.74. The van der Waals surface area contributed by atoms with Crippen LogP contribution in [-0.4, -0.2) is 77.0 Å². The number of alkyl carbamates (subject to hydrolysis) is 1. The van der Waals surface area contributed by atoms with Gasteiger partial charge in [0.25, 0.3) is 5.91 Å². The summed E-state index contributed by atoms with van der Waals surface area (Å²) in [5.41, 5.74) is 2.00. The zero-order valence-electron chi connectivity index (χ0n) is 19.1. The van der Waals surface area contributed by atoms with Crippen molar-refractivity contribution in [3.8, 4) is 11.1 Å². The first-order valence-electron chi connectivity index (χ1n) is 11.3. The monoisotopic (exact) mass is 482 g/mol. The molecule has 0 saturated carbocycles. The number of rotatable bonds is 7. The second-order valence-corrected chi connectivity index (χ2v) is 8.50. The average molecular weight is 482 g/mol. The number of aliphatic hydroxyl groups is 1. The molecule has 184 valence electrons. The lowest BCUT2D eigenvalue weighted by Crippen LogP contribution is -2.54. The molecule has 4 rings (SSSR count). The number of likely N-dealkylation sites (tertiary alicyclic amines) is 1. The van der Waals surface area contributed by atoms with Crippen LogP contribution < -0.4 is 5.32 Å². The fourth-order valence-electron chi connectivity index (χ4n) is 4.54. The van der Waals surface area contributed by atoms with Crippen molar-refractivity contribution in [1.29, 1.82) is 0 Å². The van der Waals surface area contributed by atoms with E-state index in [1.165, 1.54) is 0 Å². The van der Waals surface area contributed by atoms with Gasteiger partial charge in [-0.1, -0.05) is 48.5 Å². The third-order valence-corrected chi connectivity index (χ3v) is 6.33. The quantitative estimate of drug-likeness (QED) is 0.398. The van der Waals surface area contributed by atoms with Crippen molar-refractivity contribution in [1.82, 2.24) is 10.2 Å². The van der Waals surface area contributed by atoms with Crippen molar-refractivity contribution >= 4 is 23.9 Å². The number of carboxylic acids is 1. The second-order valence-electron chi connectivity index (χ2n) is 8.50. The number of benzene rings is 2. The number of aliphatic carboxylic acids is 1. The zero-order valence-corrected chi connectivity index (χ0v) is 19.1. The Hall–Kier alpha value is -3.92. The summed E-state index contributed by atoms with van der Waals surface area (Å²) in [6.07, 6.45) is -1.19. The lowest BCUT2D eigenvalue weighted by Gasteiger charge is -2.24. The predicted molar refractivity (Wildman–Crippen MR) is 122 cm³/mol. The zero-order chi connectivity index (χ0) is 25.2. The first kappa shape index (κ1) is 24.2. The van der Waals surface area contributed by atoms with Crippen LogP contribution in [0.25, 0.3) is 11.1 Å². The summed E-state index contributed by atoms with van der Waals surface area (Å²) in [4.78, 5) is 50.3. The van der Waals surface area contributed by atoms with E-state index in [0.29, 0.717) is 0 Å². The molecule has 3 N–H and O–H groups in total. The third-order valence-electron chi connectivity index (χ3n) is 6.33. The maximum absolute atomic E-state index is 12.9. The smallest absolute Gasteiger partial charge is 0.408 e. The Labute approximate surface area is 201 Å². The van der Waals surface area contributed by atoms with E-state index in [0.717, 1.165) is 27.2 Å². The van der Waals surface area contributed by atoms with Crippen LogP contribution in [0.4, 0.5) is 4.79 Å². The highest BCUT2D eigenvalue weighted by Gasteiger charge is 2.47. The van der Waals surface area contributed by atoms with Crippen molar-refractivity contribution in [2.75, 3.05) is 26.3 Å². The van der Waals surface area contributed by atoms with Gasteiger partial charge in [-0.25, -0.2) is 14.4 Å². The van der Waals surface area contributed by atoms with Crippen LogP contribution in [0.3, 0.4) is 0 Å². The molecule has 10 nitrogen and oxygen atoms in total. The van der Waals surface area contributed by atoms with Crippen molar-refractivity contribution in [3.63, 3.8) is 0 Å². The van der Waals surface area contributed by atoms with Gasteiger partial charge < -0.3 is 24.6 Å². The molecule has 2 atom stereocenters. The van der Waals surface area contributed by atoms with Crippen molar-refractivity contribution in [3.05, 3.63) is 59.7 Å². The van der Waals surface area contributed by atoms with Gasteiger partial charge in [-0.3, -0.25) is 10.1 Å². The van der Waals surface area contributed by atoms with E-state index in [4.69, 9.17) is 9.47 Å². The van der Waals surface area contributed by atoms with E-state index in [1.54, 1.807) is 6.92 Å². The molecule has 1 saturated heterocycles. The van der Waals surface area contributed by atoms with Crippen LogP contribution >= 0.6 is 0 Å². The first-order chi connectivity index (χ1) is 16.7. The van der Waals surface area contributed by atoms with Gasteiger partial charge in [-0.05, 0) is 29.2 Å². The van der Waals surface area contributed by atoms with Gasteiger partial charge in [0.15, 0.2) is 5.60 Å². The van der Waals surface area contributed by atoms with E-state index >= 15 is 0 Å². The minimum absolute atomic E-state index is 0.0218. The number of hydrogen-bond acceptors (Lipinski definition) is 7. The maximum atomic E-state index is 12.9. The van der Waals surface area contributed by atoms with Gasteiger partial charge in [0.05, 0.1) is 13.2 Å². The van der Waals surface area contributed by atoms with E-state index in [-0.39, 0.29) is 32.1 Å². The summed E-state index contributed by atoms with van der Waals surface area (Å²) >= 11 is 0. The molecule has 1 aliphatic carbocycles. The molecule has 10 heteroatoms. The number of hydrogen-bond donors (Lipinski definition) is 3. The molecule has 1 fully saturated rings. The van der Waals surface area contributed by atoms with E-state index in [9.17, 15) is 29.4 Å². The largest absolute Gasteiger partial charge is 0.479 e. The fraction of sp³-hybridized carbons (Fsp3) is 0.360. The van der Waals surface area contributed by atoms with Gasteiger partial charge in [0.2, 0.25) is 6.04 Å². The van der Waals surface area contributed by atoms with Gasteiger partial charge in [-0.2, -0.15) is 0 Å². The van der Waals surface area contributed by atoms with Gasteiger partial charge in [0, 0.05) is 18.9 Å².